The summed E-state index contributed by atoms with van der Waals surface area (Å²) in [5.74, 6) is -0.399. The van der Waals surface area contributed by atoms with Crippen molar-refractivity contribution in [2.24, 2.45) is 0 Å². The van der Waals surface area contributed by atoms with E-state index in [0.29, 0.717) is 10.1 Å². The number of sulfone groups is 1. The predicted molar refractivity (Wildman–Crippen MR) is 95.4 cm³/mol. The largest absolute Gasteiger partial charge is 0.481 e. The third-order valence-corrected chi connectivity index (χ3v) is 5.39. The lowest BCUT2D eigenvalue weighted by Crippen LogP contribution is -2.22. The highest BCUT2D eigenvalue weighted by molar-refractivity contribution is 7.90. The standard InChI is InChI=1S/C18H16F3N3O3S/c1-27-16-9-5-8-14(23-16)11-28(25,26)17-22-10-15(13-6-3-2-4-7-13)24(17)12-18(19,20)21/h2-10H,11-12H2,1H3. The van der Waals surface area contributed by atoms with Crippen LogP contribution in [-0.2, 0) is 22.1 Å². The Morgan fingerprint density at radius 3 is 2.43 bits per heavy atom. The van der Waals surface area contributed by atoms with Gasteiger partial charge in [0.2, 0.25) is 20.9 Å². The van der Waals surface area contributed by atoms with Gasteiger partial charge in [0, 0.05) is 6.07 Å². The van der Waals surface area contributed by atoms with Gasteiger partial charge < -0.3 is 9.30 Å². The average molecular weight is 411 g/mol. The number of methoxy groups -OCH3 is 1. The molecule has 10 heteroatoms. The van der Waals surface area contributed by atoms with Crippen LogP contribution in [0.2, 0.25) is 0 Å². The van der Waals surface area contributed by atoms with E-state index in [2.05, 4.69) is 9.97 Å². The van der Waals surface area contributed by atoms with Gasteiger partial charge in [-0.1, -0.05) is 36.4 Å². The first kappa shape index (κ1) is 19.9. The number of hydrogen-bond acceptors (Lipinski definition) is 5. The second-order valence-electron chi connectivity index (χ2n) is 5.92. The Bertz CT molecular complexity index is 1060. The SMILES string of the molecule is COc1cccc(CS(=O)(=O)c2ncc(-c3ccccc3)n2CC(F)(F)F)n1. The van der Waals surface area contributed by atoms with Crippen molar-refractivity contribution < 1.29 is 26.3 Å². The van der Waals surface area contributed by atoms with Crippen molar-refractivity contribution >= 4 is 9.84 Å². The molecule has 0 atom stereocenters. The number of alkyl halides is 3. The molecule has 0 radical (unpaired) electrons. The summed E-state index contributed by atoms with van der Waals surface area (Å²) in [5.41, 5.74) is 0.637. The van der Waals surface area contributed by atoms with Gasteiger partial charge in [0.15, 0.2) is 0 Å². The second-order valence-corrected chi connectivity index (χ2v) is 7.81. The van der Waals surface area contributed by atoms with Crippen molar-refractivity contribution in [1.82, 2.24) is 14.5 Å². The first-order chi connectivity index (χ1) is 13.2. The number of ether oxygens (including phenoxy) is 1. The quantitative estimate of drug-likeness (QED) is 0.621. The van der Waals surface area contributed by atoms with Gasteiger partial charge >= 0.3 is 6.18 Å². The third kappa shape index (κ3) is 4.50. The van der Waals surface area contributed by atoms with Gasteiger partial charge in [-0.15, -0.1) is 0 Å². The van der Waals surface area contributed by atoms with Crippen LogP contribution in [0.5, 0.6) is 5.88 Å². The van der Waals surface area contributed by atoms with Crippen LogP contribution in [0.3, 0.4) is 0 Å². The maximum Gasteiger partial charge on any atom is 0.406 e. The zero-order valence-electron chi connectivity index (χ0n) is 14.7. The maximum absolute atomic E-state index is 13.1. The molecule has 3 aromatic rings. The predicted octanol–water partition coefficient (Wildman–Crippen LogP) is 3.49. The fraction of sp³-hybridized carbons (Fsp3) is 0.222. The maximum atomic E-state index is 13.1. The molecule has 0 spiro atoms. The van der Waals surface area contributed by atoms with Crippen molar-refractivity contribution in [1.29, 1.82) is 0 Å². The van der Waals surface area contributed by atoms with E-state index < -0.39 is 33.5 Å². The van der Waals surface area contributed by atoms with Gasteiger partial charge in [0.05, 0.1) is 24.7 Å². The number of benzene rings is 1. The fourth-order valence-electron chi connectivity index (χ4n) is 2.69. The lowest BCUT2D eigenvalue weighted by molar-refractivity contribution is -0.141. The van der Waals surface area contributed by atoms with Crippen LogP contribution in [0.1, 0.15) is 5.69 Å². The molecule has 2 aromatic heterocycles. The Labute approximate surface area is 159 Å². The minimum Gasteiger partial charge on any atom is -0.481 e. The molecule has 0 bridgehead atoms. The first-order valence-corrected chi connectivity index (χ1v) is 9.75. The number of imidazole rings is 1. The van der Waals surface area contributed by atoms with Crippen LogP contribution in [0.4, 0.5) is 13.2 Å². The van der Waals surface area contributed by atoms with Crippen molar-refractivity contribution in [3.05, 3.63) is 60.4 Å². The minimum absolute atomic E-state index is 0.0649. The molecule has 0 aliphatic carbocycles. The van der Waals surface area contributed by atoms with Crippen LogP contribution >= 0.6 is 0 Å². The lowest BCUT2D eigenvalue weighted by atomic mass is 10.2. The Morgan fingerprint density at radius 2 is 1.79 bits per heavy atom. The van der Waals surface area contributed by atoms with Crippen LogP contribution in [0.25, 0.3) is 11.3 Å². The molecule has 28 heavy (non-hydrogen) atoms. The fourth-order valence-corrected chi connectivity index (χ4v) is 4.08. The average Bonchev–Trinajstić information content (AvgIpc) is 3.05. The highest BCUT2D eigenvalue weighted by Gasteiger charge is 2.34. The summed E-state index contributed by atoms with van der Waals surface area (Å²) in [4.78, 5) is 7.81. The zero-order valence-corrected chi connectivity index (χ0v) is 15.5. The van der Waals surface area contributed by atoms with E-state index in [1.165, 1.54) is 19.2 Å². The second kappa shape index (κ2) is 7.63. The summed E-state index contributed by atoms with van der Waals surface area (Å²) in [6.07, 6.45) is -3.49. The summed E-state index contributed by atoms with van der Waals surface area (Å²) in [6.45, 7) is -1.47. The number of aromatic nitrogens is 3. The molecule has 0 N–H and O–H groups in total. The van der Waals surface area contributed by atoms with E-state index in [0.717, 1.165) is 6.20 Å². The van der Waals surface area contributed by atoms with Crippen molar-refractivity contribution in [3.63, 3.8) is 0 Å². The number of halogens is 3. The minimum atomic E-state index is -4.62. The molecular weight excluding hydrogens is 395 g/mol. The molecule has 0 saturated carbocycles. The number of pyridine rings is 1. The highest BCUT2D eigenvalue weighted by atomic mass is 32.2. The summed E-state index contributed by atoms with van der Waals surface area (Å²) in [6, 6.07) is 12.7. The third-order valence-electron chi connectivity index (χ3n) is 3.83. The molecule has 6 nitrogen and oxygen atoms in total. The van der Waals surface area contributed by atoms with E-state index in [1.54, 1.807) is 36.4 Å². The van der Waals surface area contributed by atoms with Gasteiger partial charge in [0.1, 0.15) is 12.3 Å². The first-order valence-electron chi connectivity index (χ1n) is 8.10. The zero-order chi connectivity index (χ0) is 20.4. The van der Waals surface area contributed by atoms with E-state index in [4.69, 9.17) is 4.74 Å². The molecule has 2 heterocycles. The van der Waals surface area contributed by atoms with E-state index in [9.17, 15) is 21.6 Å². The van der Waals surface area contributed by atoms with E-state index in [-0.39, 0.29) is 17.3 Å². The molecule has 0 unspecified atom stereocenters. The summed E-state index contributed by atoms with van der Waals surface area (Å²) in [7, 11) is -2.82. The molecule has 1 aromatic carbocycles. The van der Waals surface area contributed by atoms with Crippen molar-refractivity contribution in [3.8, 4) is 17.1 Å². The molecule has 0 aliphatic rings. The van der Waals surface area contributed by atoms with E-state index >= 15 is 0 Å². The topological polar surface area (TPSA) is 74.1 Å². The highest BCUT2D eigenvalue weighted by Crippen LogP contribution is 2.29. The van der Waals surface area contributed by atoms with Crippen molar-refractivity contribution in [2.75, 3.05) is 7.11 Å². The molecule has 0 fully saturated rings. The molecule has 0 amide bonds. The molecular formula is C18H16F3N3O3S. The normalized spacial score (nSPS) is 12.1. The molecule has 3 rings (SSSR count). The van der Waals surface area contributed by atoms with E-state index in [1.807, 2.05) is 0 Å². The molecule has 0 saturated heterocycles. The van der Waals surface area contributed by atoms with Crippen LogP contribution in [0.15, 0.2) is 59.9 Å². The van der Waals surface area contributed by atoms with Gasteiger partial charge in [-0.25, -0.2) is 18.4 Å². The van der Waals surface area contributed by atoms with Gasteiger partial charge in [-0.2, -0.15) is 13.2 Å². The number of hydrogen-bond donors (Lipinski definition) is 0. The van der Waals surface area contributed by atoms with Crippen molar-refractivity contribution in [2.45, 2.75) is 23.6 Å². The molecule has 148 valence electrons. The summed E-state index contributed by atoms with van der Waals surface area (Å²) >= 11 is 0. The van der Waals surface area contributed by atoms with Crippen LogP contribution in [0, 0.1) is 0 Å². The lowest BCUT2D eigenvalue weighted by Gasteiger charge is -2.14. The number of nitrogens with zero attached hydrogens (tertiary/aromatic N) is 3. The van der Waals surface area contributed by atoms with Gasteiger partial charge in [0.25, 0.3) is 0 Å². The monoisotopic (exact) mass is 411 g/mol. The van der Waals surface area contributed by atoms with Gasteiger partial charge in [-0.05, 0) is 11.6 Å². The Hall–Kier alpha value is -2.88. The Morgan fingerprint density at radius 1 is 1.07 bits per heavy atom. The Kier molecular flexibility index (Phi) is 5.41. The Balaban J connectivity index is 2.05. The summed E-state index contributed by atoms with van der Waals surface area (Å²) in [5, 5.41) is -0.659. The van der Waals surface area contributed by atoms with Gasteiger partial charge in [-0.3, -0.25) is 0 Å². The molecule has 0 aliphatic heterocycles. The smallest absolute Gasteiger partial charge is 0.406 e. The number of rotatable bonds is 6. The summed E-state index contributed by atoms with van der Waals surface area (Å²) < 4.78 is 70.7. The van der Waals surface area contributed by atoms with Crippen LogP contribution < -0.4 is 4.74 Å². The van der Waals surface area contributed by atoms with Crippen LogP contribution in [-0.4, -0.2) is 36.2 Å².